The van der Waals surface area contributed by atoms with Crippen molar-refractivity contribution in [3.8, 4) is 5.75 Å². The summed E-state index contributed by atoms with van der Waals surface area (Å²) in [6.45, 7) is 3.65. The number of rotatable bonds is 13. The largest absolute Gasteiger partial charge is 0.496 e. The zero-order valence-electron chi connectivity index (χ0n) is 20.2. The molecule has 2 fully saturated rings. The summed E-state index contributed by atoms with van der Waals surface area (Å²) in [5, 5.41) is 4.26. The number of benzene rings is 1. The molecule has 2 heterocycles. The molecular formula is C25H38ClN3O3S2. The zero-order valence-corrected chi connectivity index (χ0v) is 22.5. The van der Waals surface area contributed by atoms with Crippen molar-refractivity contribution in [2.24, 2.45) is 5.92 Å². The number of halogens is 1. The van der Waals surface area contributed by atoms with Gasteiger partial charge < -0.3 is 20.7 Å². The minimum absolute atomic E-state index is 0.0461. The molecule has 6 nitrogen and oxygen atoms in total. The molecule has 2 aliphatic rings. The van der Waals surface area contributed by atoms with E-state index in [1.165, 1.54) is 25.7 Å². The van der Waals surface area contributed by atoms with E-state index >= 15 is 0 Å². The highest BCUT2D eigenvalue weighted by molar-refractivity contribution is 8.77. The second-order valence-corrected chi connectivity index (χ2v) is 12.4. The van der Waals surface area contributed by atoms with Crippen LogP contribution in [0.3, 0.4) is 0 Å². The van der Waals surface area contributed by atoms with Crippen molar-refractivity contribution in [3.63, 3.8) is 0 Å². The van der Waals surface area contributed by atoms with Gasteiger partial charge in [-0.25, -0.2) is 0 Å². The third kappa shape index (κ3) is 8.85. The topological polar surface area (TPSA) is 84.7 Å². The number of ketones is 1. The van der Waals surface area contributed by atoms with Gasteiger partial charge in [0.25, 0.3) is 0 Å². The van der Waals surface area contributed by atoms with E-state index in [2.05, 4.69) is 10.2 Å². The lowest BCUT2D eigenvalue weighted by Crippen LogP contribution is -2.39. The molecule has 2 aliphatic heterocycles. The Balaban J connectivity index is 1.26. The number of amides is 1. The first-order chi connectivity index (χ1) is 16.5. The maximum atomic E-state index is 12.7. The quantitative estimate of drug-likeness (QED) is 0.153. The second-order valence-electron chi connectivity index (χ2n) is 9.25. The van der Waals surface area contributed by atoms with Crippen molar-refractivity contribution in [1.82, 2.24) is 10.2 Å². The number of ether oxygens (including phenoxy) is 1. The summed E-state index contributed by atoms with van der Waals surface area (Å²) in [7, 11) is 5.53. The van der Waals surface area contributed by atoms with E-state index in [1.807, 2.05) is 21.6 Å². The number of piperidine rings is 1. The number of carbonyl (C=O) groups is 2. The highest BCUT2D eigenvalue weighted by Gasteiger charge is 2.22. The Morgan fingerprint density at radius 1 is 1.18 bits per heavy atom. The Bertz CT molecular complexity index is 813. The van der Waals surface area contributed by atoms with Gasteiger partial charge in [0.15, 0.2) is 5.78 Å². The van der Waals surface area contributed by atoms with Gasteiger partial charge >= 0.3 is 0 Å². The number of hydrogen-bond acceptors (Lipinski definition) is 7. The van der Waals surface area contributed by atoms with Crippen LogP contribution in [0.25, 0.3) is 0 Å². The summed E-state index contributed by atoms with van der Waals surface area (Å²) in [4.78, 5) is 27.2. The molecule has 1 aromatic rings. The predicted molar refractivity (Wildman–Crippen MR) is 145 cm³/mol. The maximum Gasteiger partial charge on any atom is 0.220 e. The fourth-order valence-corrected chi connectivity index (χ4v) is 7.78. The lowest BCUT2D eigenvalue weighted by atomic mass is 9.90. The van der Waals surface area contributed by atoms with Gasteiger partial charge in [-0.15, -0.1) is 0 Å². The van der Waals surface area contributed by atoms with E-state index in [0.29, 0.717) is 40.8 Å². The van der Waals surface area contributed by atoms with Crippen LogP contribution in [0.4, 0.5) is 5.69 Å². The smallest absolute Gasteiger partial charge is 0.220 e. The van der Waals surface area contributed by atoms with Gasteiger partial charge in [-0.05, 0) is 63.6 Å². The molecule has 9 heteroatoms. The average molecular weight is 528 g/mol. The molecule has 190 valence electrons. The van der Waals surface area contributed by atoms with Gasteiger partial charge in [-0.1, -0.05) is 39.6 Å². The number of nitrogens with zero attached hydrogens (tertiary/aromatic N) is 1. The number of carbonyl (C=O) groups excluding carboxylic acids is 2. The summed E-state index contributed by atoms with van der Waals surface area (Å²) >= 11 is 6.10. The Morgan fingerprint density at radius 3 is 2.68 bits per heavy atom. The standard InChI is InChI=1S/C25H38ClN3O3S2/c1-32-24-17-22(27)21(26)16-20(24)23(30)7-6-18-8-12-29(13-9-18)14-11-28-25(31)5-3-2-4-19-10-15-33-34-19/h16-19H,2-15,27H2,1H3,(H,28,31)/t19-/m1/s1. The van der Waals surface area contributed by atoms with Crippen LogP contribution in [0.5, 0.6) is 5.75 Å². The second kappa shape index (κ2) is 14.5. The summed E-state index contributed by atoms with van der Waals surface area (Å²) in [6.07, 6.45) is 8.86. The van der Waals surface area contributed by atoms with Gasteiger partial charge in [-0.2, -0.15) is 0 Å². The number of anilines is 1. The average Bonchev–Trinajstić information content (AvgIpc) is 3.36. The lowest BCUT2D eigenvalue weighted by Gasteiger charge is -2.31. The molecule has 0 radical (unpaired) electrons. The normalized spacial score (nSPS) is 19.3. The third-order valence-electron chi connectivity index (χ3n) is 6.76. The van der Waals surface area contributed by atoms with E-state index in [4.69, 9.17) is 22.1 Å². The molecule has 0 unspecified atom stereocenters. The van der Waals surface area contributed by atoms with Crippen molar-refractivity contribution in [3.05, 3.63) is 22.7 Å². The van der Waals surface area contributed by atoms with Crippen molar-refractivity contribution in [1.29, 1.82) is 0 Å². The lowest BCUT2D eigenvalue weighted by molar-refractivity contribution is -0.121. The number of nitrogen functional groups attached to an aromatic ring is 1. The van der Waals surface area contributed by atoms with Crippen LogP contribution in [-0.2, 0) is 4.79 Å². The van der Waals surface area contributed by atoms with Crippen LogP contribution in [-0.4, -0.2) is 60.9 Å². The fourth-order valence-electron chi connectivity index (χ4n) is 4.59. The van der Waals surface area contributed by atoms with Crippen molar-refractivity contribution >= 4 is 50.6 Å². The number of nitrogens with one attached hydrogen (secondary N) is 1. The highest BCUT2D eigenvalue weighted by Crippen LogP contribution is 2.39. The highest BCUT2D eigenvalue weighted by atomic mass is 35.5. The van der Waals surface area contributed by atoms with Crippen molar-refractivity contribution in [2.45, 2.75) is 63.0 Å². The SMILES string of the molecule is COc1cc(N)c(Cl)cc1C(=O)CCC1CCN(CCNC(=O)CCCC[C@@H]2CCSS2)CC1. The molecule has 2 saturated heterocycles. The van der Waals surface area contributed by atoms with E-state index in [9.17, 15) is 9.59 Å². The first-order valence-electron chi connectivity index (χ1n) is 12.4. The monoisotopic (exact) mass is 527 g/mol. The van der Waals surface area contributed by atoms with Crippen LogP contribution in [0, 0.1) is 5.92 Å². The van der Waals surface area contributed by atoms with Gasteiger partial charge in [0.2, 0.25) is 5.91 Å². The van der Waals surface area contributed by atoms with Crippen LogP contribution >= 0.6 is 33.2 Å². The first-order valence-corrected chi connectivity index (χ1v) is 15.2. The van der Waals surface area contributed by atoms with E-state index in [0.717, 1.165) is 63.5 Å². The predicted octanol–water partition coefficient (Wildman–Crippen LogP) is 5.44. The molecule has 1 amide bonds. The van der Waals surface area contributed by atoms with Gasteiger partial charge in [0, 0.05) is 43.0 Å². The number of methoxy groups -OCH3 is 1. The van der Waals surface area contributed by atoms with Crippen LogP contribution < -0.4 is 15.8 Å². The molecular weight excluding hydrogens is 490 g/mol. The zero-order chi connectivity index (χ0) is 24.3. The molecule has 0 spiro atoms. The van der Waals surface area contributed by atoms with Crippen LogP contribution in [0.1, 0.15) is 68.1 Å². The molecule has 0 saturated carbocycles. The molecule has 1 atom stereocenters. The number of Topliss-reactive ketones (excluding diaryl/α,β-unsaturated/α-hetero) is 1. The Hall–Kier alpha value is -1.09. The Labute approximate surface area is 216 Å². The Morgan fingerprint density at radius 2 is 1.97 bits per heavy atom. The fraction of sp³-hybridized carbons (Fsp3) is 0.680. The molecule has 34 heavy (non-hydrogen) atoms. The number of unbranched alkanes of at least 4 members (excludes halogenated alkanes) is 1. The minimum atomic E-state index is 0.0461. The third-order valence-corrected chi connectivity index (χ3v) is 10.1. The summed E-state index contributed by atoms with van der Waals surface area (Å²) in [5.74, 6) is 2.53. The summed E-state index contributed by atoms with van der Waals surface area (Å²) in [5.41, 5.74) is 6.74. The van der Waals surface area contributed by atoms with Gasteiger partial charge in [0.1, 0.15) is 5.75 Å². The van der Waals surface area contributed by atoms with Crippen molar-refractivity contribution in [2.75, 3.05) is 44.8 Å². The first kappa shape index (κ1) is 27.5. The molecule has 0 aliphatic carbocycles. The Kier molecular flexibility index (Phi) is 11.7. The van der Waals surface area contributed by atoms with E-state index in [-0.39, 0.29) is 11.7 Å². The molecule has 1 aromatic carbocycles. The number of nitrogens with two attached hydrogens (primary N) is 1. The number of likely N-dealkylation sites (tertiary alicyclic amines) is 1. The van der Waals surface area contributed by atoms with Gasteiger partial charge in [0.05, 0.1) is 23.4 Å². The number of hydrogen-bond donors (Lipinski definition) is 2. The molecule has 0 bridgehead atoms. The van der Waals surface area contributed by atoms with Crippen LogP contribution in [0.2, 0.25) is 5.02 Å². The molecule has 0 aromatic heterocycles. The summed E-state index contributed by atoms with van der Waals surface area (Å²) in [6, 6.07) is 3.23. The van der Waals surface area contributed by atoms with Crippen molar-refractivity contribution < 1.29 is 14.3 Å². The van der Waals surface area contributed by atoms with Gasteiger partial charge in [-0.3, -0.25) is 9.59 Å². The van der Waals surface area contributed by atoms with E-state index < -0.39 is 0 Å². The molecule has 3 rings (SSSR count). The summed E-state index contributed by atoms with van der Waals surface area (Å²) < 4.78 is 5.31. The van der Waals surface area contributed by atoms with Crippen LogP contribution in [0.15, 0.2) is 12.1 Å². The minimum Gasteiger partial charge on any atom is -0.496 e. The molecule has 3 N–H and O–H groups in total. The van der Waals surface area contributed by atoms with E-state index in [1.54, 1.807) is 12.1 Å². The maximum absolute atomic E-state index is 12.7.